The summed E-state index contributed by atoms with van der Waals surface area (Å²) in [5, 5.41) is 9.29. The van der Waals surface area contributed by atoms with E-state index in [1.807, 2.05) is 62.1 Å². The molecule has 0 atom stereocenters. The zero-order valence-electron chi connectivity index (χ0n) is 23.5. The number of halogens is 4. The van der Waals surface area contributed by atoms with Crippen molar-refractivity contribution >= 4 is 77.0 Å². The molecule has 0 saturated carbocycles. The summed E-state index contributed by atoms with van der Waals surface area (Å²) >= 11 is 18.5. The highest BCUT2D eigenvalue weighted by Crippen LogP contribution is 2.30. The van der Waals surface area contributed by atoms with Gasteiger partial charge in [-0.15, -0.1) is 12.4 Å². The Morgan fingerprint density at radius 2 is 1.64 bits per heavy atom. The van der Waals surface area contributed by atoms with Crippen LogP contribution in [0.25, 0.3) is 0 Å². The zero-order chi connectivity index (χ0) is 29.4. The monoisotopic (exact) mass is 649 g/mol. The van der Waals surface area contributed by atoms with Crippen molar-refractivity contribution < 1.29 is 9.47 Å². The van der Waals surface area contributed by atoms with Crippen molar-refractivity contribution in [3.05, 3.63) is 86.4 Å². The Kier molecular flexibility index (Phi) is 12.3. The molecule has 0 aliphatic rings. The van der Waals surface area contributed by atoms with E-state index in [9.17, 15) is 0 Å². The van der Waals surface area contributed by atoms with Crippen molar-refractivity contribution in [1.29, 1.82) is 0 Å². The lowest BCUT2D eigenvalue weighted by Gasteiger charge is -2.19. The lowest BCUT2D eigenvalue weighted by molar-refractivity contribution is 0.284. The Bertz CT molecular complexity index is 1530. The van der Waals surface area contributed by atoms with Gasteiger partial charge in [-0.25, -0.2) is 5.43 Å². The number of benzene rings is 3. The van der Waals surface area contributed by atoms with Gasteiger partial charge < -0.3 is 19.7 Å². The van der Waals surface area contributed by atoms with Gasteiger partial charge in [0.1, 0.15) is 6.61 Å². The summed E-state index contributed by atoms with van der Waals surface area (Å²) in [4.78, 5) is 15.6. The highest BCUT2D eigenvalue weighted by Gasteiger charge is 2.12. The maximum atomic E-state index is 6.29. The number of ether oxygens (including phenoxy) is 2. The molecule has 0 amide bonds. The quantitative estimate of drug-likeness (QED) is 0.117. The number of hydrazone groups is 1. The van der Waals surface area contributed by atoms with Gasteiger partial charge in [-0.3, -0.25) is 0 Å². The molecule has 4 aromatic rings. The molecule has 0 aliphatic heterocycles. The number of nitrogens with one attached hydrogen (secondary N) is 2. The number of rotatable bonds is 12. The lowest BCUT2D eigenvalue weighted by Crippen LogP contribution is -2.25. The highest BCUT2D eigenvalue weighted by atomic mass is 35.5. The first-order valence-corrected chi connectivity index (χ1v) is 14.0. The molecule has 0 fully saturated rings. The Hall–Kier alpha value is -3.50. The molecular formula is C29H31Cl4N7O2. The molecule has 9 nitrogen and oxygen atoms in total. The maximum absolute atomic E-state index is 6.29. The molecule has 1 aromatic heterocycles. The van der Waals surface area contributed by atoms with Crippen LogP contribution in [0.4, 0.5) is 23.5 Å². The molecule has 0 spiro atoms. The molecule has 0 aliphatic carbocycles. The fraction of sp³-hybridized carbons (Fsp3) is 0.241. The molecule has 0 unspecified atom stereocenters. The van der Waals surface area contributed by atoms with Crippen LogP contribution in [0.3, 0.4) is 0 Å². The molecule has 4 rings (SSSR count). The third-order valence-corrected chi connectivity index (χ3v) is 7.06. The van der Waals surface area contributed by atoms with Gasteiger partial charge in [0, 0.05) is 39.4 Å². The number of anilines is 4. The minimum atomic E-state index is 0. The summed E-state index contributed by atoms with van der Waals surface area (Å²) < 4.78 is 11.5. The average molecular weight is 651 g/mol. The molecule has 0 saturated heterocycles. The van der Waals surface area contributed by atoms with Crippen LogP contribution in [0, 0.1) is 6.92 Å². The van der Waals surface area contributed by atoms with Crippen LogP contribution in [0.5, 0.6) is 11.5 Å². The fourth-order valence-electron chi connectivity index (χ4n) is 3.76. The fourth-order valence-corrected chi connectivity index (χ4v) is 4.40. The predicted octanol–water partition coefficient (Wildman–Crippen LogP) is 8.19. The molecule has 1 heterocycles. The summed E-state index contributed by atoms with van der Waals surface area (Å²) in [7, 11) is 1.58. The molecule has 2 N–H and O–H groups in total. The normalized spacial score (nSPS) is 10.7. The Balaban J connectivity index is 0.00000484. The summed E-state index contributed by atoms with van der Waals surface area (Å²) in [5.41, 5.74) is 6.24. The number of hydrogen-bond acceptors (Lipinski definition) is 9. The van der Waals surface area contributed by atoms with Gasteiger partial charge in [0.05, 0.1) is 13.3 Å². The van der Waals surface area contributed by atoms with Gasteiger partial charge in [0.2, 0.25) is 17.8 Å². The van der Waals surface area contributed by atoms with Crippen LogP contribution in [0.1, 0.15) is 30.5 Å². The second-order valence-corrected chi connectivity index (χ2v) is 10.1. The third kappa shape index (κ3) is 8.75. The SMILES string of the molecule is CCN(CC)c1nc(N/N=C/c2ccc(OCc3ccc(Cl)cc3Cl)c(OC)c2)nc(Nc2ccc(C)c(Cl)c2)n1.Cl. The summed E-state index contributed by atoms with van der Waals surface area (Å²) in [6.45, 7) is 7.75. The van der Waals surface area contributed by atoms with Crippen molar-refractivity contribution in [3.8, 4) is 11.5 Å². The molecule has 3 aromatic carbocycles. The van der Waals surface area contributed by atoms with E-state index in [0.717, 1.165) is 35.5 Å². The third-order valence-electron chi connectivity index (χ3n) is 6.06. The smallest absolute Gasteiger partial charge is 0.250 e. The van der Waals surface area contributed by atoms with E-state index in [1.165, 1.54) is 0 Å². The number of methoxy groups -OCH3 is 1. The molecule has 0 bridgehead atoms. The van der Waals surface area contributed by atoms with E-state index in [1.54, 1.807) is 31.5 Å². The summed E-state index contributed by atoms with van der Waals surface area (Å²) in [6.07, 6.45) is 1.64. The Labute approximate surface area is 266 Å². The maximum Gasteiger partial charge on any atom is 0.250 e. The average Bonchev–Trinajstić information content (AvgIpc) is 2.95. The van der Waals surface area contributed by atoms with Crippen LogP contribution in [-0.2, 0) is 6.61 Å². The van der Waals surface area contributed by atoms with Crippen molar-refractivity contribution in [2.45, 2.75) is 27.4 Å². The zero-order valence-corrected chi connectivity index (χ0v) is 26.6. The lowest BCUT2D eigenvalue weighted by atomic mass is 10.2. The number of nitrogens with zero attached hydrogens (tertiary/aromatic N) is 5. The van der Waals surface area contributed by atoms with Crippen LogP contribution >= 0.6 is 47.2 Å². The topological polar surface area (TPSA) is 96.8 Å². The van der Waals surface area contributed by atoms with Gasteiger partial charge in [-0.2, -0.15) is 20.1 Å². The van der Waals surface area contributed by atoms with Gasteiger partial charge in [-0.1, -0.05) is 46.9 Å². The van der Waals surface area contributed by atoms with Crippen molar-refractivity contribution in [2.24, 2.45) is 5.10 Å². The number of aryl methyl sites for hydroxylation is 1. The van der Waals surface area contributed by atoms with Gasteiger partial charge >= 0.3 is 0 Å². The summed E-state index contributed by atoms with van der Waals surface area (Å²) in [5.74, 6) is 2.28. The van der Waals surface area contributed by atoms with Crippen LogP contribution in [0.15, 0.2) is 59.7 Å². The van der Waals surface area contributed by atoms with Crippen molar-refractivity contribution in [1.82, 2.24) is 15.0 Å². The highest BCUT2D eigenvalue weighted by molar-refractivity contribution is 6.35. The largest absolute Gasteiger partial charge is 0.493 e. The van der Waals surface area contributed by atoms with E-state index >= 15 is 0 Å². The second kappa shape index (κ2) is 15.7. The Morgan fingerprint density at radius 1 is 0.881 bits per heavy atom. The first kappa shape index (κ1) is 33.0. The van der Waals surface area contributed by atoms with E-state index in [4.69, 9.17) is 44.3 Å². The van der Waals surface area contributed by atoms with E-state index in [0.29, 0.717) is 38.5 Å². The van der Waals surface area contributed by atoms with Crippen LogP contribution in [0.2, 0.25) is 15.1 Å². The summed E-state index contributed by atoms with van der Waals surface area (Å²) in [6, 6.07) is 16.4. The minimum Gasteiger partial charge on any atom is -0.493 e. The van der Waals surface area contributed by atoms with Crippen LogP contribution in [-0.4, -0.2) is 41.4 Å². The van der Waals surface area contributed by atoms with E-state index < -0.39 is 0 Å². The molecule has 0 radical (unpaired) electrons. The second-order valence-electron chi connectivity index (χ2n) is 8.85. The van der Waals surface area contributed by atoms with E-state index in [-0.39, 0.29) is 25.0 Å². The first-order valence-electron chi connectivity index (χ1n) is 12.9. The number of aromatic nitrogens is 3. The molecule has 42 heavy (non-hydrogen) atoms. The minimum absolute atomic E-state index is 0. The van der Waals surface area contributed by atoms with Gasteiger partial charge in [-0.05, 0) is 74.4 Å². The number of hydrogen-bond donors (Lipinski definition) is 2. The van der Waals surface area contributed by atoms with Crippen molar-refractivity contribution in [3.63, 3.8) is 0 Å². The Morgan fingerprint density at radius 3 is 2.33 bits per heavy atom. The predicted molar refractivity (Wildman–Crippen MR) is 175 cm³/mol. The molecular weight excluding hydrogens is 620 g/mol. The van der Waals surface area contributed by atoms with Gasteiger partial charge in [0.25, 0.3) is 0 Å². The van der Waals surface area contributed by atoms with Crippen LogP contribution < -0.4 is 25.1 Å². The van der Waals surface area contributed by atoms with Gasteiger partial charge in [0.15, 0.2) is 11.5 Å². The van der Waals surface area contributed by atoms with E-state index in [2.05, 4.69) is 30.8 Å². The first-order chi connectivity index (χ1) is 19.8. The molecule has 222 valence electrons. The standard InChI is InChI=1S/C29H30Cl3N7O2.ClH/c1-5-39(6-2)29-36-27(34-22-11-7-18(3)23(31)15-22)35-28(37-29)38-33-16-19-8-12-25(26(13-19)40-4)41-17-20-9-10-21(30)14-24(20)32;/h7-16H,5-6,17H2,1-4H3,(H2,34,35,36,37,38);1H/b33-16+;. The molecule has 13 heteroatoms. The van der Waals surface area contributed by atoms with Crippen molar-refractivity contribution in [2.75, 3.05) is 35.8 Å².